The maximum Gasteiger partial charge on any atom is 0.244 e. The van der Waals surface area contributed by atoms with Gasteiger partial charge in [-0.25, -0.2) is 0 Å². The summed E-state index contributed by atoms with van der Waals surface area (Å²) in [6, 6.07) is 5.44. The van der Waals surface area contributed by atoms with Gasteiger partial charge in [-0.3, -0.25) is 9.59 Å². The van der Waals surface area contributed by atoms with Crippen molar-refractivity contribution in [3.63, 3.8) is 0 Å². The fourth-order valence-electron chi connectivity index (χ4n) is 2.04. The summed E-state index contributed by atoms with van der Waals surface area (Å²) in [5.74, 6) is 0.216. The first-order valence-corrected chi connectivity index (χ1v) is 7.70. The standard InChI is InChI=1S/C17H19ClN2O3/c1-11(2)20-17(22)9-19-16(21)6-3-12-7-13-8-14(18)4-5-15(13)23-10-12/h3-8,11H,9-10H2,1-2H3,(H,19,21)(H,20,22)/b6-3+. The van der Waals surface area contributed by atoms with Crippen LogP contribution in [-0.4, -0.2) is 31.0 Å². The average Bonchev–Trinajstić information content (AvgIpc) is 2.49. The molecule has 0 unspecified atom stereocenters. The molecule has 0 spiro atoms. The Hall–Kier alpha value is -2.27. The number of rotatable bonds is 5. The van der Waals surface area contributed by atoms with Gasteiger partial charge in [0.2, 0.25) is 11.8 Å². The third kappa shape index (κ3) is 5.45. The van der Waals surface area contributed by atoms with Crippen LogP contribution in [0.2, 0.25) is 5.02 Å². The van der Waals surface area contributed by atoms with Gasteiger partial charge in [-0.1, -0.05) is 17.7 Å². The number of carbonyl (C=O) groups excluding carboxylic acids is 2. The molecule has 5 nitrogen and oxygen atoms in total. The van der Waals surface area contributed by atoms with Crippen LogP contribution in [0.4, 0.5) is 0 Å². The summed E-state index contributed by atoms with van der Waals surface area (Å²) in [7, 11) is 0. The van der Waals surface area contributed by atoms with Crippen LogP contribution < -0.4 is 15.4 Å². The van der Waals surface area contributed by atoms with E-state index in [1.54, 1.807) is 18.2 Å². The summed E-state index contributed by atoms with van der Waals surface area (Å²) >= 11 is 5.95. The zero-order valence-corrected chi connectivity index (χ0v) is 13.8. The highest BCUT2D eigenvalue weighted by Crippen LogP contribution is 2.29. The highest BCUT2D eigenvalue weighted by molar-refractivity contribution is 6.30. The molecule has 1 heterocycles. The van der Waals surface area contributed by atoms with E-state index in [1.165, 1.54) is 6.08 Å². The van der Waals surface area contributed by atoms with Gasteiger partial charge in [0.15, 0.2) is 0 Å². The Morgan fingerprint density at radius 2 is 2.17 bits per heavy atom. The Labute approximate surface area is 140 Å². The van der Waals surface area contributed by atoms with Gasteiger partial charge in [-0.05, 0) is 43.7 Å². The molecule has 0 aliphatic carbocycles. The first-order valence-electron chi connectivity index (χ1n) is 7.32. The number of carbonyl (C=O) groups is 2. The van der Waals surface area contributed by atoms with Gasteiger partial charge in [0.05, 0.1) is 6.54 Å². The molecule has 2 rings (SSSR count). The number of hydrogen-bond acceptors (Lipinski definition) is 3. The lowest BCUT2D eigenvalue weighted by Gasteiger charge is -2.16. The second-order valence-electron chi connectivity index (χ2n) is 5.46. The molecular formula is C17H19ClN2O3. The van der Waals surface area contributed by atoms with Crippen LogP contribution in [0.15, 0.2) is 35.9 Å². The van der Waals surface area contributed by atoms with E-state index in [1.807, 2.05) is 26.0 Å². The van der Waals surface area contributed by atoms with Crippen LogP contribution in [0, 0.1) is 0 Å². The van der Waals surface area contributed by atoms with Crippen LogP contribution in [0.3, 0.4) is 0 Å². The predicted molar refractivity (Wildman–Crippen MR) is 90.4 cm³/mol. The summed E-state index contributed by atoms with van der Waals surface area (Å²) in [5.41, 5.74) is 1.72. The molecule has 0 atom stereocenters. The molecule has 122 valence electrons. The average molecular weight is 335 g/mol. The molecule has 6 heteroatoms. The van der Waals surface area contributed by atoms with Gasteiger partial charge in [0, 0.05) is 22.7 Å². The predicted octanol–water partition coefficient (Wildman–Crippen LogP) is 2.31. The largest absolute Gasteiger partial charge is 0.488 e. The summed E-state index contributed by atoms with van der Waals surface area (Å²) in [4.78, 5) is 23.1. The van der Waals surface area contributed by atoms with Crippen LogP contribution in [0.5, 0.6) is 5.75 Å². The number of nitrogens with one attached hydrogen (secondary N) is 2. The molecule has 0 saturated heterocycles. The normalized spacial score (nSPS) is 13.3. The second-order valence-corrected chi connectivity index (χ2v) is 5.90. The molecular weight excluding hydrogens is 316 g/mol. The Balaban J connectivity index is 1.90. The number of ether oxygens (including phenoxy) is 1. The minimum absolute atomic E-state index is 0.0463. The topological polar surface area (TPSA) is 67.4 Å². The molecule has 1 aliphatic rings. The Morgan fingerprint density at radius 3 is 2.91 bits per heavy atom. The van der Waals surface area contributed by atoms with Crippen molar-refractivity contribution in [2.75, 3.05) is 13.2 Å². The SMILES string of the molecule is CC(C)NC(=O)CNC(=O)/C=C/C1=Cc2cc(Cl)ccc2OC1. The minimum Gasteiger partial charge on any atom is -0.488 e. The minimum atomic E-state index is -0.332. The van der Waals surface area contributed by atoms with Gasteiger partial charge in [-0.2, -0.15) is 0 Å². The fraction of sp³-hybridized carbons (Fsp3) is 0.294. The van der Waals surface area contributed by atoms with Gasteiger partial charge in [0.25, 0.3) is 0 Å². The molecule has 1 aromatic carbocycles. The number of amides is 2. The molecule has 0 saturated carbocycles. The molecule has 2 N–H and O–H groups in total. The van der Waals surface area contributed by atoms with E-state index in [9.17, 15) is 9.59 Å². The van der Waals surface area contributed by atoms with E-state index in [4.69, 9.17) is 16.3 Å². The molecule has 0 radical (unpaired) electrons. The highest BCUT2D eigenvalue weighted by Gasteiger charge is 2.10. The summed E-state index contributed by atoms with van der Waals surface area (Å²) < 4.78 is 5.59. The van der Waals surface area contributed by atoms with Gasteiger partial charge >= 0.3 is 0 Å². The highest BCUT2D eigenvalue weighted by atomic mass is 35.5. The maximum absolute atomic E-state index is 11.7. The van der Waals surface area contributed by atoms with Gasteiger partial charge < -0.3 is 15.4 Å². The van der Waals surface area contributed by atoms with Gasteiger partial charge in [-0.15, -0.1) is 0 Å². The maximum atomic E-state index is 11.7. The Bertz CT molecular complexity index is 666. The lowest BCUT2D eigenvalue weighted by atomic mass is 10.1. The first-order chi connectivity index (χ1) is 10.9. The lowest BCUT2D eigenvalue weighted by molar-refractivity contribution is -0.124. The van der Waals surface area contributed by atoms with Crippen molar-refractivity contribution in [2.45, 2.75) is 19.9 Å². The molecule has 0 bridgehead atoms. The first kappa shape index (κ1) is 17.1. The molecule has 1 aromatic rings. The Kier molecular flexibility index (Phi) is 5.82. The van der Waals surface area contributed by atoms with Crippen molar-refractivity contribution in [2.24, 2.45) is 0 Å². The monoisotopic (exact) mass is 334 g/mol. The molecule has 23 heavy (non-hydrogen) atoms. The zero-order chi connectivity index (χ0) is 16.8. The van der Waals surface area contributed by atoms with Crippen LogP contribution in [0.1, 0.15) is 19.4 Å². The quantitative estimate of drug-likeness (QED) is 0.812. The van der Waals surface area contributed by atoms with E-state index >= 15 is 0 Å². The number of hydrogen-bond donors (Lipinski definition) is 2. The third-order valence-corrected chi connectivity index (χ3v) is 3.26. The van der Waals surface area contributed by atoms with Crippen molar-refractivity contribution in [1.29, 1.82) is 0 Å². The molecule has 0 aromatic heterocycles. The summed E-state index contributed by atoms with van der Waals surface area (Å²) in [5, 5.41) is 5.85. The summed E-state index contributed by atoms with van der Waals surface area (Å²) in [6.45, 7) is 4.06. The van der Waals surface area contributed by atoms with Crippen LogP contribution in [0.25, 0.3) is 6.08 Å². The number of halogens is 1. The van der Waals surface area contributed by atoms with Crippen LogP contribution >= 0.6 is 11.6 Å². The van der Waals surface area contributed by atoms with Crippen molar-refractivity contribution < 1.29 is 14.3 Å². The lowest BCUT2D eigenvalue weighted by Crippen LogP contribution is -2.39. The van der Waals surface area contributed by atoms with E-state index in [2.05, 4.69) is 10.6 Å². The fourth-order valence-corrected chi connectivity index (χ4v) is 2.22. The van der Waals surface area contributed by atoms with E-state index < -0.39 is 0 Å². The number of benzene rings is 1. The van der Waals surface area contributed by atoms with Gasteiger partial charge in [0.1, 0.15) is 12.4 Å². The van der Waals surface area contributed by atoms with Crippen molar-refractivity contribution in [3.8, 4) is 5.75 Å². The Morgan fingerprint density at radius 1 is 1.39 bits per heavy atom. The smallest absolute Gasteiger partial charge is 0.244 e. The molecule has 0 fully saturated rings. The molecule has 1 aliphatic heterocycles. The summed E-state index contributed by atoms with van der Waals surface area (Å²) in [6.07, 6.45) is 4.97. The third-order valence-electron chi connectivity index (χ3n) is 3.03. The van der Waals surface area contributed by atoms with E-state index in [-0.39, 0.29) is 24.4 Å². The zero-order valence-electron chi connectivity index (χ0n) is 13.1. The van der Waals surface area contributed by atoms with Crippen molar-refractivity contribution in [3.05, 3.63) is 46.5 Å². The second kappa shape index (κ2) is 7.83. The van der Waals surface area contributed by atoms with E-state index in [0.29, 0.717) is 11.6 Å². The number of fused-ring (bicyclic) bond motifs is 1. The van der Waals surface area contributed by atoms with Crippen LogP contribution in [-0.2, 0) is 9.59 Å². The van der Waals surface area contributed by atoms with E-state index in [0.717, 1.165) is 16.9 Å². The molecule has 2 amide bonds. The van der Waals surface area contributed by atoms with Crippen molar-refractivity contribution >= 4 is 29.5 Å². The van der Waals surface area contributed by atoms with Crippen molar-refractivity contribution in [1.82, 2.24) is 10.6 Å².